The summed E-state index contributed by atoms with van der Waals surface area (Å²) in [5.74, 6) is 0.679. The first kappa shape index (κ1) is 15.0. The second kappa shape index (κ2) is 5.90. The largest absolute Gasteiger partial charge is 0.444 e. The number of nitrogens with one attached hydrogen (secondary N) is 1. The van der Waals surface area contributed by atoms with E-state index in [-0.39, 0.29) is 6.54 Å². The molecule has 7 nitrogen and oxygen atoms in total. The predicted molar refractivity (Wildman–Crippen MR) is 75.3 cm³/mol. The molecule has 0 spiro atoms. The van der Waals surface area contributed by atoms with Gasteiger partial charge in [-0.15, -0.1) is 0 Å². The van der Waals surface area contributed by atoms with Crippen LogP contribution in [0.5, 0.6) is 0 Å². The van der Waals surface area contributed by atoms with E-state index < -0.39 is 11.7 Å². The Bertz CT molecular complexity index is 631. The molecule has 0 unspecified atom stereocenters. The summed E-state index contributed by atoms with van der Waals surface area (Å²) in [5.41, 5.74) is 1.13. The molecule has 0 bridgehead atoms. The minimum absolute atomic E-state index is 0.105. The number of hydrogen-bond donors (Lipinski definition) is 1. The van der Waals surface area contributed by atoms with Crippen LogP contribution in [0.4, 0.5) is 4.79 Å². The van der Waals surface area contributed by atoms with Crippen LogP contribution >= 0.6 is 0 Å². The van der Waals surface area contributed by atoms with Crippen molar-refractivity contribution in [2.45, 2.75) is 39.8 Å². The molecule has 2 heterocycles. The molecule has 21 heavy (non-hydrogen) atoms. The Morgan fingerprint density at radius 2 is 2.19 bits per heavy atom. The van der Waals surface area contributed by atoms with E-state index in [2.05, 4.69) is 20.4 Å². The van der Waals surface area contributed by atoms with Crippen molar-refractivity contribution >= 4 is 6.09 Å². The Balaban J connectivity index is 1.96. The van der Waals surface area contributed by atoms with Gasteiger partial charge in [-0.1, -0.05) is 5.16 Å². The molecule has 1 N–H and O–H groups in total. The van der Waals surface area contributed by atoms with E-state index in [0.717, 1.165) is 5.56 Å². The lowest BCUT2D eigenvalue weighted by molar-refractivity contribution is 0.0518. The number of nitrogens with zero attached hydrogens (tertiary/aromatic N) is 3. The molecular formula is C14H18N4O3. The lowest BCUT2D eigenvalue weighted by Gasteiger charge is -2.19. The number of alkyl carbamates (subject to hydrolysis) is 1. The van der Waals surface area contributed by atoms with Gasteiger partial charge in [0.1, 0.15) is 17.8 Å². The van der Waals surface area contributed by atoms with Crippen molar-refractivity contribution in [3.8, 4) is 11.5 Å². The molecule has 2 aromatic rings. The van der Waals surface area contributed by atoms with Crippen molar-refractivity contribution in [3.63, 3.8) is 0 Å². The van der Waals surface area contributed by atoms with E-state index in [1.54, 1.807) is 27.0 Å². The monoisotopic (exact) mass is 290 g/mol. The Labute approximate surface area is 122 Å². The SMILES string of the molecule is Cc1ccnc(-c2noc(CNC(=O)OC(C)(C)C)n2)c1. The second-order valence-electron chi connectivity index (χ2n) is 5.59. The first-order chi connectivity index (χ1) is 9.83. The summed E-state index contributed by atoms with van der Waals surface area (Å²) in [5, 5.41) is 6.39. The van der Waals surface area contributed by atoms with Crippen LogP contribution in [0.15, 0.2) is 22.9 Å². The number of carbonyl (C=O) groups excluding carboxylic acids is 1. The Morgan fingerprint density at radius 3 is 2.86 bits per heavy atom. The third-order valence-electron chi connectivity index (χ3n) is 2.40. The summed E-state index contributed by atoms with van der Waals surface area (Å²) in [4.78, 5) is 19.9. The van der Waals surface area contributed by atoms with E-state index in [0.29, 0.717) is 17.4 Å². The van der Waals surface area contributed by atoms with Crippen molar-refractivity contribution in [2.75, 3.05) is 0 Å². The predicted octanol–water partition coefficient (Wildman–Crippen LogP) is 2.46. The molecule has 0 aliphatic carbocycles. The summed E-state index contributed by atoms with van der Waals surface area (Å²) >= 11 is 0. The smallest absolute Gasteiger partial charge is 0.408 e. The van der Waals surface area contributed by atoms with E-state index in [1.807, 2.05) is 19.1 Å². The van der Waals surface area contributed by atoms with E-state index in [1.165, 1.54) is 0 Å². The molecule has 0 aliphatic heterocycles. The van der Waals surface area contributed by atoms with Crippen LogP contribution in [-0.4, -0.2) is 26.8 Å². The van der Waals surface area contributed by atoms with Gasteiger partial charge in [-0.25, -0.2) is 4.79 Å². The Morgan fingerprint density at radius 1 is 1.43 bits per heavy atom. The molecule has 0 atom stereocenters. The number of rotatable bonds is 3. The van der Waals surface area contributed by atoms with Crippen LogP contribution in [0.2, 0.25) is 0 Å². The van der Waals surface area contributed by atoms with E-state index >= 15 is 0 Å². The van der Waals surface area contributed by atoms with Gasteiger partial charge in [-0.2, -0.15) is 4.98 Å². The highest BCUT2D eigenvalue weighted by Crippen LogP contribution is 2.14. The molecule has 2 rings (SSSR count). The number of aryl methyl sites for hydroxylation is 1. The molecule has 0 radical (unpaired) electrons. The maximum Gasteiger partial charge on any atom is 0.408 e. The highest BCUT2D eigenvalue weighted by atomic mass is 16.6. The number of pyridine rings is 1. The van der Waals surface area contributed by atoms with Crippen molar-refractivity contribution in [1.82, 2.24) is 20.4 Å². The number of carbonyl (C=O) groups is 1. The molecule has 0 fully saturated rings. The quantitative estimate of drug-likeness (QED) is 0.933. The number of ether oxygens (including phenoxy) is 1. The van der Waals surface area contributed by atoms with Gasteiger partial charge < -0.3 is 14.6 Å². The van der Waals surface area contributed by atoms with Crippen molar-refractivity contribution in [3.05, 3.63) is 29.8 Å². The van der Waals surface area contributed by atoms with Gasteiger partial charge in [0.15, 0.2) is 0 Å². The fourth-order valence-electron chi connectivity index (χ4n) is 1.55. The molecule has 0 aliphatic rings. The summed E-state index contributed by atoms with van der Waals surface area (Å²) in [6, 6.07) is 3.74. The third-order valence-corrected chi connectivity index (χ3v) is 2.40. The molecule has 2 aromatic heterocycles. The van der Waals surface area contributed by atoms with Gasteiger partial charge in [-0.05, 0) is 45.4 Å². The lowest BCUT2D eigenvalue weighted by Crippen LogP contribution is -2.32. The number of aromatic nitrogens is 3. The van der Waals surface area contributed by atoms with Gasteiger partial charge in [0.25, 0.3) is 0 Å². The molecule has 0 saturated carbocycles. The summed E-state index contributed by atoms with van der Waals surface area (Å²) in [6.07, 6.45) is 1.15. The highest BCUT2D eigenvalue weighted by molar-refractivity contribution is 5.67. The average molecular weight is 290 g/mol. The minimum Gasteiger partial charge on any atom is -0.444 e. The van der Waals surface area contributed by atoms with E-state index in [4.69, 9.17) is 9.26 Å². The van der Waals surface area contributed by atoms with Crippen molar-refractivity contribution < 1.29 is 14.1 Å². The first-order valence-corrected chi connectivity index (χ1v) is 6.56. The topological polar surface area (TPSA) is 90.1 Å². The number of amides is 1. The Hall–Kier alpha value is -2.44. The maximum absolute atomic E-state index is 11.5. The second-order valence-corrected chi connectivity index (χ2v) is 5.59. The molecule has 7 heteroatoms. The van der Waals surface area contributed by atoms with Crippen molar-refractivity contribution in [1.29, 1.82) is 0 Å². The number of hydrogen-bond acceptors (Lipinski definition) is 6. The molecule has 0 saturated heterocycles. The van der Waals surface area contributed by atoms with Crippen LogP contribution in [-0.2, 0) is 11.3 Å². The fourth-order valence-corrected chi connectivity index (χ4v) is 1.55. The first-order valence-electron chi connectivity index (χ1n) is 6.56. The molecule has 1 amide bonds. The van der Waals surface area contributed by atoms with E-state index in [9.17, 15) is 4.79 Å². The molecule has 0 aromatic carbocycles. The van der Waals surface area contributed by atoms with Crippen LogP contribution in [0.25, 0.3) is 11.5 Å². The van der Waals surface area contributed by atoms with Crippen LogP contribution in [0.3, 0.4) is 0 Å². The highest BCUT2D eigenvalue weighted by Gasteiger charge is 2.17. The van der Waals surface area contributed by atoms with Gasteiger partial charge in [0.2, 0.25) is 11.7 Å². The van der Waals surface area contributed by atoms with Crippen LogP contribution in [0.1, 0.15) is 32.2 Å². The lowest BCUT2D eigenvalue weighted by atomic mass is 10.2. The molecule has 112 valence electrons. The van der Waals surface area contributed by atoms with Crippen LogP contribution in [0, 0.1) is 6.92 Å². The van der Waals surface area contributed by atoms with Gasteiger partial charge in [0.05, 0.1) is 0 Å². The maximum atomic E-state index is 11.5. The van der Waals surface area contributed by atoms with Gasteiger partial charge >= 0.3 is 6.09 Å². The zero-order valence-corrected chi connectivity index (χ0v) is 12.5. The normalized spacial score (nSPS) is 11.2. The van der Waals surface area contributed by atoms with Gasteiger partial charge in [0, 0.05) is 6.20 Å². The zero-order chi connectivity index (χ0) is 15.5. The summed E-state index contributed by atoms with van der Waals surface area (Å²) in [6.45, 7) is 7.44. The average Bonchev–Trinajstić information content (AvgIpc) is 2.83. The minimum atomic E-state index is -0.546. The summed E-state index contributed by atoms with van der Waals surface area (Å²) in [7, 11) is 0. The molecular weight excluding hydrogens is 272 g/mol. The zero-order valence-electron chi connectivity index (χ0n) is 12.5. The fraction of sp³-hybridized carbons (Fsp3) is 0.429. The summed E-state index contributed by atoms with van der Waals surface area (Å²) < 4.78 is 10.2. The van der Waals surface area contributed by atoms with Gasteiger partial charge in [-0.3, -0.25) is 4.98 Å². The Kier molecular flexibility index (Phi) is 4.21. The van der Waals surface area contributed by atoms with Crippen molar-refractivity contribution in [2.24, 2.45) is 0 Å². The third kappa shape index (κ3) is 4.55. The van der Waals surface area contributed by atoms with Crippen LogP contribution < -0.4 is 5.32 Å². The standard InChI is InChI=1S/C14H18N4O3/c1-9-5-6-15-10(7-9)12-17-11(21-18-12)8-16-13(19)20-14(2,3)4/h5-7H,8H2,1-4H3,(H,16,19).